The van der Waals surface area contributed by atoms with Gasteiger partial charge in [0.2, 0.25) is 5.88 Å². The summed E-state index contributed by atoms with van der Waals surface area (Å²) >= 11 is 1.72. The lowest BCUT2D eigenvalue weighted by Gasteiger charge is -2.31. The van der Waals surface area contributed by atoms with Crippen molar-refractivity contribution >= 4 is 11.3 Å². The molecule has 0 atom stereocenters. The number of aromatic nitrogens is 3. The first-order valence-electron chi connectivity index (χ1n) is 7.27. The van der Waals surface area contributed by atoms with Crippen LogP contribution < -0.4 is 4.74 Å². The molecule has 2 aromatic heterocycles. The van der Waals surface area contributed by atoms with Crippen LogP contribution in [0, 0.1) is 13.8 Å². The van der Waals surface area contributed by atoms with Crippen molar-refractivity contribution < 1.29 is 4.74 Å². The van der Waals surface area contributed by atoms with Crippen molar-refractivity contribution in [3.63, 3.8) is 0 Å². The minimum absolute atomic E-state index is 0.248. The molecule has 1 fully saturated rings. The lowest BCUT2D eigenvalue weighted by Crippen LogP contribution is -2.37. The minimum Gasteiger partial charge on any atom is -0.473 e. The van der Waals surface area contributed by atoms with Crippen LogP contribution in [-0.4, -0.2) is 39.0 Å². The van der Waals surface area contributed by atoms with E-state index in [0.717, 1.165) is 43.9 Å². The molecule has 3 rings (SSSR count). The summed E-state index contributed by atoms with van der Waals surface area (Å²) in [5.74, 6) is 0.691. The van der Waals surface area contributed by atoms with Crippen molar-refractivity contribution in [2.24, 2.45) is 0 Å². The lowest BCUT2D eigenvalue weighted by molar-refractivity contribution is 0.0925. The predicted octanol–water partition coefficient (Wildman–Crippen LogP) is 2.59. The second-order valence-corrected chi connectivity index (χ2v) is 6.43. The number of thiazole rings is 1. The van der Waals surface area contributed by atoms with Gasteiger partial charge in [0.05, 0.1) is 16.9 Å². The van der Waals surface area contributed by atoms with Gasteiger partial charge in [-0.05, 0) is 26.7 Å². The fourth-order valence-corrected chi connectivity index (χ4v) is 3.15. The Balaban J connectivity index is 1.52. The lowest BCUT2D eigenvalue weighted by atomic mass is 10.1. The molecule has 5 nitrogen and oxygen atoms in total. The van der Waals surface area contributed by atoms with Crippen molar-refractivity contribution in [3.8, 4) is 5.88 Å². The van der Waals surface area contributed by atoms with Gasteiger partial charge in [0, 0.05) is 36.9 Å². The van der Waals surface area contributed by atoms with E-state index in [1.165, 1.54) is 4.88 Å². The zero-order valence-electron chi connectivity index (χ0n) is 12.5. The third-order valence-corrected chi connectivity index (χ3v) is 4.47. The molecule has 0 bridgehead atoms. The van der Waals surface area contributed by atoms with Crippen LogP contribution >= 0.6 is 11.3 Å². The number of piperidine rings is 1. The van der Waals surface area contributed by atoms with E-state index in [1.54, 1.807) is 17.5 Å². The molecule has 112 valence electrons. The first-order chi connectivity index (χ1) is 10.2. The van der Waals surface area contributed by atoms with Gasteiger partial charge in [-0.3, -0.25) is 14.9 Å². The second-order valence-electron chi connectivity index (χ2n) is 5.46. The summed E-state index contributed by atoms with van der Waals surface area (Å²) in [5.41, 5.74) is 3.66. The molecule has 0 N–H and O–H groups in total. The van der Waals surface area contributed by atoms with E-state index in [0.29, 0.717) is 5.88 Å². The Morgan fingerprint density at radius 3 is 2.81 bits per heavy atom. The Morgan fingerprint density at radius 2 is 2.10 bits per heavy atom. The van der Waals surface area contributed by atoms with E-state index in [1.807, 2.05) is 25.6 Å². The predicted molar refractivity (Wildman–Crippen MR) is 82.5 cm³/mol. The van der Waals surface area contributed by atoms with Gasteiger partial charge in [0.25, 0.3) is 0 Å². The normalized spacial score (nSPS) is 17.0. The van der Waals surface area contributed by atoms with E-state index in [2.05, 4.69) is 19.9 Å². The highest BCUT2D eigenvalue weighted by Gasteiger charge is 2.22. The molecule has 0 aromatic carbocycles. The molecule has 0 aliphatic carbocycles. The Hall–Kier alpha value is -1.53. The fourth-order valence-electron chi connectivity index (χ4n) is 2.51. The molecule has 6 heteroatoms. The number of likely N-dealkylation sites (tertiary alicyclic amines) is 1. The summed E-state index contributed by atoms with van der Waals surface area (Å²) < 4.78 is 6.04. The van der Waals surface area contributed by atoms with Crippen molar-refractivity contribution in [2.45, 2.75) is 39.3 Å². The molecule has 0 saturated carbocycles. The first-order valence-corrected chi connectivity index (χ1v) is 8.15. The average molecular weight is 304 g/mol. The maximum atomic E-state index is 6.04. The standard InChI is InChI=1S/C15H20N4OS/c1-11-7-17-12(2)15(18-11)20-13-3-5-19(6-4-13)9-14-8-16-10-21-14/h7-8,10,13H,3-6,9H2,1-2H3. The van der Waals surface area contributed by atoms with Crippen LogP contribution in [0.25, 0.3) is 0 Å². The summed E-state index contributed by atoms with van der Waals surface area (Å²) in [6.45, 7) is 7.00. The summed E-state index contributed by atoms with van der Waals surface area (Å²) in [6, 6.07) is 0. The van der Waals surface area contributed by atoms with Gasteiger partial charge in [-0.2, -0.15) is 0 Å². The van der Waals surface area contributed by atoms with E-state index in [-0.39, 0.29) is 6.10 Å². The number of hydrogen-bond acceptors (Lipinski definition) is 6. The van der Waals surface area contributed by atoms with E-state index in [9.17, 15) is 0 Å². The molecule has 1 aliphatic heterocycles. The molecule has 0 unspecified atom stereocenters. The zero-order chi connectivity index (χ0) is 14.7. The molecule has 0 spiro atoms. The van der Waals surface area contributed by atoms with Gasteiger partial charge >= 0.3 is 0 Å². The van der Waals surface area contributed by atoms with Crippen LogP contribution in [0.2, 0.25) is 0 Å². The smallest absolute Gasteiger partial charge is 0.235 e. The Kier molecular flexibility index (Phi) is 4.45. The molecule has 1 aliphatic rings. The molecule has 0 radical (unpaired) electrons. The topological polar surface area (TPSA) is 51.1 Å². The number of ether oxygens (including phenoxy) is 1. The van der Waals surface area contributed by atoms with Gasteiger partial charge in [-0.15, -0.1) is 11.3 Å². The van der Waals surface area contributed by atoms with Gasteiger partial charge in [0.1, 0.15) is 6.10 Å². The Morgan fingerprint density at radius 1 is 1.29 bits per heavy atom. The summed E-state index contributed by atoms with van der Waals surface area (Å²) in [4.78, 5) is 16.7. The quantitative estimate of drug-likeness (QED) is 0.869. The maximum Gasteiger partial charge on any atom is 0.235 e. The average Bonchev–Trinajstić information content (AvgIpc) is 2.98. The van der Waals surface area contributed by atoms with Gasteiger partial charge < -0.3 is 4.74 Å². The van der Waals surface area contributed by atoms with Crippen molar-refractivity contribution in [1.29, 1.82) is 0 Å². The zero-order valence-corrected chi connectivity index (χ0v) is 13.3. The monoisotopic (exact) mass is 304 g/mol. The van der Waals surface area contributed by atoms with Crippen molar-refractivity contribution in [3.05, 3.63) is 34.2 Å². The number of rotatable bonds is 4. The third-order valence-electron chi connectivity index (χ3n) is 3.71. The Bertz CT molecular complexity index is 579. The van der Waals surface area contributed by atoms with E-state index in [4.69, 9.17) is 4.74 Å². The van der Waals surface area contributed by atoms with Crippen molar-refractivity contribution in [1.82, 2.24) is 19.9 Å². The van der Waals surface area contributed by atoms with Gasteiger partial charge in [-0.25, -0.2) is 4.98 Å². The Labute approximate surface area is 129 Å². The fraction of sp³-hybridized carbons (Fsp3) is 0.533. The first kappa shape index (κ1) is 14.4. The molecular formula is C15H20N4OS. The molecule has 0 amide bonds. The number of aryl methyl sites for hydroxylation is 2. The van der Waals surface area contributed by atoms with Crippen LogP contribution in [0.3, 0.4) is 0 Å². The SMILES string of the molecule is Cc1cnc(C)c(OC2CCN(Cc3cncs3)CC2)n1. The molecule has 1 saturated heterocycles. The highest BCUT2D eigenvalue weighted by molar-refractivity contribution is 7.09. The summed E-state index contributed by atoms with van der Waals surface area (Å²) in [5, 5.41) is 0. The highest BCUT2D eigenvalue weighted by atomic mass is 32.1. The number of nitrogens with zero attached hydrogens (tertiary/aromatic N) is 4. The van der Waals surface area contributed by atoms with Crippen LogP contribution in [-0.2, 0) is 6.54 Å². The summed E-state index contributed by atoms with van der Waals surface area (Å²) in [6.07, 6.45) is 6.05. The molecule has 3 heterocycles. The summed E-state index contributed by atoms with van der Waals surface area (Å²) in [7, 11) is 0. The van der Waals surface area contributed by atoms with Gasteiger partial charge in [-0.1, -0.05) is 0 Å². The largest absolute Gasteiger partial charge is 0.473 e. The highest BCUT2D eigenvalue weighted by Crippen LogP contribution is 2.21. The van der Waals surface area contributed by atoms with Gasteiger partial charge in [0.15, 0.2) is 0 Å². The minimum atomic E-state index is 0.248. The molecule has 2 aromatic rings. The molecule has 21 heavy (non-hydrogen) atoms. The van der Waals surface area contributed by atoms with Crippen LogP contribution in [0.4, 0.5) is 0 Å². The van der Waals surface area contributed by atoms with Crippen LogP contribution in [0.5, 0.6) is 5.88 Å². The third kappa shape index (κ3) is 3.77. The molecular weight excluding hydrogens is 284 g/mol. The van der Waals surface area contributed by atoms with Crippen molar-refractivity contribution in [2.75, 3.05) is 13.1 Å². The van der Waals surface area contributed by atoms with E-state index >= 15 is 0 Å². The van der Waals surface area contributed by atoms with E-state index < -0.39 is 0 Å². The van der Waals surface area contributed by atoms with Crippen LogP contribution in [0.1, 0.15) is 29.1 Å². The second kappa shape index (κ2) is 6.49. The maximum absolute atomic E-state index is 6.04. The van der Waals surface area contributed by atoms with Crippen LogP contribution in [0.15, 0.2) is 17.9 Å². The number of hydrogen-bond donors (Lipinski definition) is 0.